The van der Waals surface area contributed by atoms with Crippen molar-refractivity contribution in [1.82, 2.24) is 10.6 Å². The molecule has 0 saturated carbocycles. The third kappa shape index (κ3) is 7.50. The first-order valence-electron chi connectivity index (χ1n) is 12.3. The summed E-state index contributed by atoms with van der Waals surface area (Å²) in [6, 6.07) is 8.64. The molecule has 1 aromatic rings. The van der Waals surface area contributed by atoms with Gasteiger partial charge in [0.1, 0.15) is 11.4 Å². The lowest BCUT2D eigenvalue weighted by Crippen LogP contribution is -2.52. The molecule has 3 heterocycles. The molecule has 2 N–H and O–H groups in total. The minimum atomic E-state index is -3.28. The van der Waals surface area contributed by atoms with Crippen LogP contribution in [-0.4, -0.2) is 70.4 Å². The Balaban J connectivity index is 1.40. The molecule has 0 spiro atoms. The summed E-state index contributed by atoms with van der Waals surface area (Å²) in [5.74, 6) is 2.67. The molecule has 1 amide bonds. The zero-order valence-electron chi connectivity index (χ0n) is 21.2. The van der Waals surface area contributed by atoms with Gasteiger partial charge in [0.05, 0.1) is 18.1 Å². The predicted molar refractivity (Wildman–Crippen MR) is 135 cm³/mol. The molecule has 3 fully saturated rings. The number of piperidine rings is 1. The number of anilines is 1. The third-order valence-corrected chi connectivity index (χ3v) is 8.63. The highest BCUT2D eigenvalue weighted by atomic mass is 32.2. The number of nitrogens with zero attached hydrogens (tertiary/aromatic N) is 1. The highest BCUT2D eigenvalue weighted by molar-refractivity contribution is 7.91. The Morgan fingerprint density at radius 1 is 1.12 bits per heavy atom. The van der Waals surface area contributed by atoms with Gasteiger partial charge in [0.15, 0.2) is 9.84 Å². The normalized spacial score (nSPS) is 25.0. The number of sulfone groups is 1. The van der Waals surface area contributed by atoms with E-state index in [0.29, 0.717) is 30.9 Å². The Morgan fingerprint density at radius 2 is 1.82 bits per heavy atom. The molecule has 3 aliphatic heterocycles. The van der Waals surface area contributed by atoms with Crippen LogP contribution in [0.3, 0.4) is 0 Å². The number of hydrogen-bond donors (Lipinski definition) is 2. The zero-order valence-corrected chi connectivity index (χ0v) is 22.0. The van der Waals surface area contributed by atoms with Crippen molar-refractivity contribution in [2.45, 2.75) is 52.7 Å². The fourth-order valence-corrected chi connectivity index (χ4v) is 5.98. The predicted octanol–water partition coefficient (Wildman–Crippen LogP) is 3.08. The molecular weight excluding hydrogens is 454 g/mol. The quantitative estimate of drug-likeness (QED) is 0.508. The molecular formula is C25H41N3O5S. The molecule has 192 valence electrons. The maximum atomic E-state index is 12.2. The molecule has 1 aromatic carbocycles. The molecule has 0 aliphatic carbocycles. The maximum Gasteiger partial charge on any atom is 0.407 e. The van der Waals surface area contributed by atoms with Gasteiger partial charge in [-0.1, -0.05) is 13.8 Å². The first kappa shape index (κ1) is 26.6. The summed E-state index contributed by atoms with van der Waals surface area (Å²) >= 11 is 0. The molecule has 4 rings (SSSR count). The fraction of sp³-hybridized carbons (Fsp3) is 0.720. The van der Waals surface area contributed by atoms with Gasteiger partial charge in [-0.3, -0.25) is 0 Å². The van der Waals surface area contributed by atoms with Gasteiger partial charge in [0, 0.05) is 31.4 Å². The van der Waals surface area contributed by atoms with E-state index < -0.39 is 21.5 Å². The van der Waals surface area contributed by atoms with Gasteiger partial charge in [-0.2, -0.15) is 0 Å². The van der Waals surface area contributed by atoms with Crippen molar-refractivity contribution in [1.29, 1.82) is 0 Å². The molecule has 34 heavy (non-hydrogen) atoms. The Bertz CT molecular complexity index is 911. The van der Waals surface area contributed by atoms with Gasteiger partial charge in [-0.15, -0.1) is 0 Å². The van der Waals surface area contributed by atoms with Crippen LogP contribution in [0.4, 0.5) is 10.5 Å². The Hall–Kier alpha value is -2.00. The van der Waals surface area contributed by atoms with Crippen LogP contribution >= 0.6 is 0 Å². The lowest BCUT2D eigenvalue weighted by Gasteiger charge is -2.45. The number of fused-ring (bicyclic) bond motifs is 4. The van der Waals surface area contributed by atoms with Crippen LogP contribution in [0.15, 0.2) is 24.3 Å². The van der Waals surface area contributed by atoms with E-state index in [2.05, 4.69) is 41.5 Å². The monoisotopic (exact) mass is 495 g/mol. The topological polar surface area (TPSA) is 97.0 Å². The van der Waals surface area contributed by atoms with E-state index >= 15 is 0 Å². The molecule has 9 heteroatoms. The summed E-state index contributed by atoms with van der Waals surface area (Å²) in [5.41, 5.74) is 0.601. The number of rotatable bonds is 9. The van der Waals surface area contributed by atoms with Crippen molar-refractivity contribution in [2.24, 2.45) is 17.8 Å². The molecule has 8 nitrogen and oxygen atoms in total. The van der Waals surface area contributed by atoms with Crippen molar-refractivity contribution in [3.8, 4) is 5.75 Å². The lowest BCUT2D eigenvalue weighted by molar-refractivity contribution is 0.0531. The highest BCUT2D eigenvalue weighted by Gasteiger charge is 2.41. The van der Waals surface area contributed by atoms with Crippen LogP contribution in [-0.2, 0) is 14.6 Å². The highest BCUT2D eigenvalue weighted by Crippen LogP contribution is 2.37. The Morgan fingerprint density at radius 3 is 2.50 bits per heavy atom. The summed E-state index contributed by atoms with van der Waals surface area (Å²) in [7, 11) is -3.28. The lowest BCUT2D eigenvalue weighted by atomic mass is 9.76. The summed E-state index contributed by atoms with van der Waals surface area (Å²) in [4.78, 5) is 14.1. The number of ether oxygens (including phenoxy) is 2. The first-order chi connectivity index (χ1) is 16.0. The second kappa shape index (κ2) is 11.2. The SMILES string of the molecule is CC1C(C)[C@H]2CNC[C@@H]1CN2c1ccc(OCCCS(=O)(=O)CCNC(=O)OC(C)(C)C)cc1. The van der Waals surface area contributed by atoms with E-state index in [1.54, 1.807) is 20.8 Å². The van der Waals surface area contributed by atoms with Crippen LogP contribution in [0.5, 0.6) is 5.75 Å². The molecule has 2 bridgehead atoms. The molecule has 0 aromatic heterocycles. The molecule has 2 unspecified atom stereocenters. The molecule has 3 aliphatic rings. The number of hydrogen-bond acceptors (Lipinski definition) is 7. The zero-order chi connectivity index (χ0) is 24.9. The third-order valence-electron chi connectivity index (χ3n) is 6.89. The van der Waals surface area contributed by atoms with E-state index in [0.717, 1.165) is 31.3 Å². The number of nitrogens with one attached hydrogen (secondary N) is 2. The summed E-state index contributed by atoms with van der Waals surface area (Å²) in [6.07, 6.45) is -0.212. The van der Waals surface area contributed by atoms with Crippen molar-refractivity contribution in [3.05, 3.63) is 24.3 Å². The van der Waals surface area contributed by atoms with Gasteiger partial charge in [-0.05, 0) is 75.8 Å². The van der Waals surface area contributed by atoms with Gasteiger partial charge in [-0.25, -0.2) is 13.2 Å². The average Bonchev–Trinajstić information content (AvgIpc) is 3.04. The summed E-state index contributed by atoms with van der Waals surface area (Å²) < 4.78 is 35.3. The fourth-order valence-electron chi connectivity index (χ4n) is 4.81. The van der Waals surface area contributed by atoms with Crippen molar-refractivity contribution in [2.75, 3.05) is 49.2 Å². The second-order valence-electron chi connectivity index (χ2n) is 10.6. The van der Waals surface area contributed by atoms with Crippen LogP contribution in [0.2, 0.25) is 0 Å². The van der Waals surface area contributed by atoms with Crippen LogP contribution in [0, 0.1) is 17.8 Å². The van der Waals surface area contributed by atoms with Crippen LogP contribution in [0.25, 0.3) is 0 Å². The number of amides is 1. The van der Waals surface area contributed by atoms with Crippen molar-refractivity contribution < 1.29 is 22.7 Å². The molecule has 3 saturated heterocycles. The smallest absolute Gasteiger partial charge is 0.407 e. The van der Waals surface area contributed by atoms with Gasteiger partial charge in [0.2, 0.25) is 0 Å². The minimum absolute atomic E-state index is 0.0149. The molecule has 0 radical (unpaired) electrons. The van der Waals surface area contributed by atoms with E-state index in [-0.39, 0.29) is 18.1 Å². The van der Waals surface area contributed by atoms with Gasteiger partial charge in [0.25, 0.3) is 0 Å². The average molecular weight is 496 g/mol. The van der Waals surface area contributed by atoms with E-state index in [1.165, 1.54) is 5.69 Å². The second-order valence-corrected chi connectivity index (χ2v) is 12.9. The minimum Gasteiger partial charge on any atom is -0.494 e. The van der Waals surface area contributed by atoms with Gasteiger partial charge >= 0.3 is 6.09 Å². The van der Waals surface area contributed by atoms with Gasteiger partial charge < -0.3 is 25.0 Å². The van der Waals surface area contributed by atoms with E-state index in [9.17, 15) is 13.2 Å². The summed E-state index contributed by atoms with van der Waals surface area (Å²) in [5, 5.41) is 6.10. The Labute approximate surface area is 204 Å². The van der Waals surface area contributed by atoms with Crippen molar-refractivity contribution >= 4 is 21.6 Å². The number of benzene rings is 1. The maximum absolute atomic E-state index is 12.2. The van der Waals surface area contributed by atoms with Crippen LogP contribution < -0.4 is 20.3 Å². The van der Waals surface area contributed by atoms with E-state index in [1.807, 2.05) is 12.1 Å². The number of alkyl carbamates (subject to hydrolysis) is 1. The Kier molecular flexibility index (Phi) is 8.73. The first-order valence-corrected chi connectivity index (χ1v) is 14.1. The molecule has 4 atom stereocenters. The van der Waals surface area contributed by atoms with Crippen molar-refractivity contribution in [3.63, 3.8) is 0 Å². The largest absolute Gasteiger partial charge is 0.494 e. The standard InChI is InChI=1S/C25H41N3O5S/c1-18-19(2)23-16-26-15-20(18)17-28(23)21-7-9-22(10-8-21)32-12-6-13-34(30,31)14-11-27-24(29)33-25(3,4)5/h7-10,18-20,23,26H,6,11-17H2,1-5H3,(H,27,29)/t18?,19?,20-,23-/m1/s1. The number of carbonyl (C=O) groups excluding carboxylic acids is 1. The number of carbonyl (C=O) groups is 1. The summed E-state index contributed by atoms with van der Waals surface area (Å²) in [6.45, 7) is 13.5. The van der Waals surface area contributed by atoms with E-state index in [4.69, 9.17) is 9.47 Å². The van der Waals surface area contributed by atoms with Crippen LogP contribution in [0.1, 0.15) is 41.0 Å².